The van der Waals surface area contributed by atoms with Gasteiger partial charge in [0, 0.05) is 42.7 Å². The number of rotatable bonds is 4. The molecule has 0 radical (unpaired) electrons. The predicted molar refractivity (Wildman–Crippen MR) is 81.8 cm³/mol. The van der Waals surface area contributed by atoms with Crippen molar-refractivity contribution in [1.82, 2.24) is 9.88 Å². The van der Waals surface area contributed by atoms with Crippen molar-refractivity contribution < 1.29 is 9.90 Å². The second-order valence-corrected chi connectivity index (χ2v) is 5.79. The van der Waals surface area contributed by atoms with Crippen LogP contribution in [0.2, 0.25) is 0 Å². The van der Waals surface area contributed by atoms with Gasteiger partial charge < -0.3 is 20.7 Å². The number of aliphatic hydroxyl groups excluding tert-OH is 1. The fraction of sp³-hybridized carbons (Fsp3) is 0.438. The average Bonchev–Trinajstić information content (AvgIpc) is 3.14. The number of aromatic nitrogens is 1. The quantitative estimate of drug-likeness (QED) is 0.780. The molecule has 21 heavy (non-hydrogen) atoms. The number of nitrogens with one attached hydrogen (secondary N) is 1. The van der Waals surface area contributed by atoms with Gasteiger partial charge in [-0.2, -0.15) is 0 Å². The molecule has 0 aliphatic carbocycles. The fourth-order valence-corrected chi connectivity index (χ4v) is 3.04. The molecule has 2 aromatic rings. The molecule has 1 aromatic carbocycles. The highest BCUT2D eigenvalue weighted by Gasteiger charge is 2.29. The summed E-state index contributed by atoms with van der Waals surface area (Å²) >= 11 is 0. The lowest BCUT2D eigenvalue weighted by molar-refractivity contribution is -0.131. The second kappa shape index (κ2) is 5.87. The van der Waals surface area contributed by atoms with E-state index in [1.165, 1.54) is 0 Å². The van der Waals surface area contributed by atoms with E-state index in [0.29, 0.717) is 19.5 Å². The summed E-state index contributed by atoms with van der Waals surface area (Å²) < 4.78 is 0. The zero-order chi connectivity index (χ0) is 14.8. The minimum atomic E-state index is -0.526. The molecule has 0 spiro atoms. The van der Waals surface area contributed by atoms with Crippen molar-refractivity contribution in [2.45, 2.75) is 18.9 Å². The van der Waals surface area contributed by atoms with Gasteiger partial charge in [0.15, 0.2) is 0 Å². The van der Waals surface area contributed by atoms with Crippen LogP contribution >= 0.6 is 0 Å². The Bertz CT molecular complexity index is 637. The van der Waals surface area contributed by atoms with Gasteiger partial charge in [-0.1, -0.05) is 18.2 Å². The topological polar surface area (TPSA) is 82.4 Å². The van der Waals surface area contributed by atoms with E-state index in [9.17, 15) is 4.79 Å². The molecule has 0 saturated carbocycles. The summed E-state index contributed by atoms with van der Waals surface area (Å²) in [7, 11) is 0. The Balaban J connectivity index is 1.68. The molecule has 2 atom stereocenters. The van der Waals surface area contributed by atoms with E-state index in [2.05, 4.69) is 4.98 Å². The molecule has 1 aliphatic heterocycles. The zero-order valence-electron chi connectivity index (χ0n) is 12.0. The first-order chi connectivity index (χ1) is 10.2. The number of fused-ring (bicyclic) bond motifs is 1. The van der Waals surface area contributed by atoms with Crippen molar-refractivity contribution in [2.75, 3.05) is 19.7 Å². The third-order valence-electron chi connectivity index (χ3n) is 4.29. The highest BCUT2D eigenvalue weighted by atomic mass is 16.3. The van der Waals surface area contributed by atoms with Crippen LogP contribution in [0, 0.1) is 5.92 Å². The van der Waals surface area contributed by atoms with E-state index in [-0.39, 0.29) is 18.4 Å². The number of nitrogens with two attached hydrogens (primary N) is 1. The maximum Gasteiger partial charge on any atom is 0.239 e. The zero-order valence-corrected chi connectivity index (χ0v) is 12.0. The van der Waals surface area contributed by atoms with Gasteiger partial charge in [0.1, 0.15) is 0 Å². The Kier molecular flexibility index (Phi) is 3.94. The highest BCUT2D eigenvalue weighted by Crippen LogP contribution is 2.20. The Morgan fingerprint density at radius 2 is 2.29 bits per heavy atom. The fourth-order valence-electron chi connectivity index (χ4n) is 3.04. The van der Waals surface area contributed by atoms with Gasteiger partial charge in [-0.15, -0.1) is 0 Å². The van der Waals surface area contributed by atoms with E-state index < -0.39 is 6.04 Å². The highest BCUT2D eigenvalue weighted by molar-refractivity contribution is 5.86. The average molecular weight is 287 g/mol. The van der Waals surface area contributed by atoms with E-state index in [1.807, 2.05) is 30.5 Å². The lowest BCUT2D eigenvalue weighted by atomic mass is 10.0. The van der Waals surface area contributed by atoms with Crippen LogP contribution in [0.3, 0.4) is 0 Å². The molecule has 3 rings (SSSR count). The molecule has 1 aliphatic rings. The molecule has 1 saturated heterocycles. The van der Waals surface area contributed by atoms with Crippen LogP contribution in [0.15, 0.2) is 30.5 Å². The summed E-state index contributed by atoms with van der Waals surface area (Å²) in [6.07, 6.45) is 3.32. The summed E-state index contributed by atoms with van der Waals surface area (Å²) in [5, 5.41) is 10.3. The molecule has 5 nitrogen and oxygen atoms in total. The molecule has 1 unspecified atom stereocenters. The van der Waals surface area contributed by atoms with Crippen molar-refractivity contribution in [3.05, 3.63) is 36.0 Å². The van der Waals surface area contributed by atoms with Gasteiger partial charge in [0.05, 0.1) is 6.04 Å². The molecule has 0 bridgehead atoms. The molecular weight excluding hydrogens is 266 g/mol. The number of benzene rings is 1. The minimum Gasteiger partial charge on any atom is -0.396 e. The summed E-state index contributed by atoms with van der Waals surface area (Å²) in [4.78, 5) is 17.4. The van der Waals surface area contributed by atoms with Gasteiger partial charge >= 0.3 is 0 Å². The number of hydrogen-bond acceptors (Lipinski definition) is 3. The van der Waals surface area contributed by atoms with Crippen LogP contribution in [0.25, 0.3) is 10.9 Å². The van der Waals surface area contributed by atoms with Gasteiger partial charge in [0.25, 0.3) is 0 Å². The first kappa shape index (κ1) is 14.1. The molecule has 112 valence electrons. The SMILES string of the molecule is N[C@H](Cc1c[nH]c2ccccc12)C(=O)N1CCC(CO)C1. The summed E-state index contributed by atoms with van der Waals surface area (Å²) in [5.74, 6) is 0.186. The lowest BCUT2D eigenvalue weighted by Gasteiger charge is -2.20. The molecule has 1 amide bonds. The number of H-pyrrole nitrogens is 1. The van der Waals surface area contributed by atoms with Crippen molar-refractivity contribution in [3.8, 4) is 0 Å². The first-order valence-electron chi connectivity index (χ1n) is 7.39. The summed E-state index contributed by atoms with van der Waals surface area (Å²) in [5.41, 5.74) is 8.24. The van der Waals surface area contributed by atoms with E-state index in [1.54, 1.807) is 4.90 Å². The number of carbonyl (C=O) groups excluding carboxylic acids is 1. The van der Waals surface area contributed by atoms with E-state index in [4.69, 9.17) is 10.8 Å². The normalized spacial score (nSPS) is 20.1. The maximum atomic E-state index is 12.4. The largest absolute Gasteiger partial charge is 0.396 e. The van der Waals surface area contributed by atoms with Crippen molar-refractivity contribution in [2.24, 2.45) is 11.7 Å². The lowest BCUT2D eigenvalue weighted by Crippen LogP contribution is -2.44. The summed E-state index contributed by atoms with van der Waals surface area (Å²) in [6, 6.07) is 7.49. The molecule has 1 aromatic heterocycles. The monoisotopic (exact) mass is 287 g/mol. The molecule has 4 N–H and O–H groups in total. The van der Waals surface area contributed by atoms with E-state index in [0.717, 1.165) is 22.9 Å². The van der Waals surface area contributed by atoms with Gasteiger partial charge in [-0.3, -0.25) is 4.79 Å². The number of nitrogens with zero attached hydrogens (tertiary/aromatic N) is 1. The van der Waals surface area contributed by atoms with Crippen molar-refractivity contribution in [3.63, 3.8) is 0 Å². The Morgan fingerprint density at radius 1 is 1.48 bits per heavy atom. The van der Waals surface area contributed by atoms with Crippen molar-refractivity contribution >= 4 is 16.8 Å². The van der Waals surface area contributed by atoms with Crippen LogP contribution < -0.4 is 5.73 Å². The molecule has 2 heterocycles. The number of para-hydroxylation sites is 1. The van der Waals surface area contributed by atoms with Crippen LogP contribution in [0.4, 0.5) is 0 Å². The molecular formula is C16H21N3O2. The number of aromatic amines is 1. The van der Waals surface area contributed by atoms with Crippen LogP contribution in [-0.2, 0) is 11.2 Å². The Morgan fingerprint density at radius 3 is 3.05 bits per heavy atom. The number of likely N-dealkylation sites (tertiary alicyclic amines) is 1. The second-order valence-electron chi connectivity index (χ2n) is 5.79. The van der Waals surface area contributed by atoms with Gasteiger partial charge in [-0.25, -0.2) is 0 Å². The number of aliphatic hydroxyl groups is 1. The van der Waals surface area contributed by atoms with Crippen LogP contribution in [-0.4, -0.2) is 46.6 Å². The number of carbonyl (C=O) groups is 1. The molecule has 5 heteroatoms. The standard InChI is InChI=1S/C16H21N3O2/c17-14(16(21)19-6-5-11(9-19)10-20)7-12-8-18-15-4-2-1-3-13(12)15/h1-4,8,11,14,18,20H,5-7,9-10,17H2/t11?,14-/m1/s1. The minimum absolute atomic E-state index is 0.0174. The van der Waals surface area contributed by atoms with Gasteiger partial charge in [0.2, 0.25) is 5.91 Å². The Hall–Kier alpha value is -1.85. The Labute approximate surface area is 123 Å². The molecule has 1 fully saturated rings. The predicted octanol–water partition coefficient (Wildman–Crippen LogP) is 0.879. The van der Waals surface area contributed by atoms with E-state index >= 15 is 0 Å². The third kappa shape index (κ3) is 2.80. The van der Waals surface area contributed by atoms with Crippen LogP contribution in [0.5, 0.6) is 0 Å². The van der Waals surface area contributed by atoms with Crippen molar-refractivity contribution in [1.29, 1.82) is 0 Å². The summed E-state index contributed by atoms with van der Waals surface area (Å²) in [6.45, 7) is 1.46. The van der Waals surface area contributed by atoms with Gasteiger partial charge in [-0.05, 0) is 24.5 Å². The number of hydrogen-bond donors (Lipinski definition) is 3. The maximum absolute atomic E-state index is 12.4. The van der Waals surface area contributed by atoms with Crippen LogP contribution in [0.1, 0.15) is 12.0 Å². The first-order valence-corrected chi connectivity index (χ1v) is 7.39. The smallest absolute Gasteiger partial charge is 0.239 e. The third-order valence-corrected chi connectivity index (χ3v) is 4.29. The number of amides is 1.